The molecule has 0 N–H and O–H groups in total. The summed E-state index contributed by atoms with van der Waals surface area (Å²) in [6.07, 6.45) is 0. The minimum atomic E-state index is -0.242. The SMILES string of the molecule is Cc1ccc(C(=O)N2CCOC(C)(C)C2)n1C. The van der Waals surface area contributed by atoms with Gasteiger partial charge in [0.05, 0.1) is 12.2 Å². The fourth-order valence-electron chi connectivity index (χ4n) is 2.18. The Balaban J connectivity index is 2.18. The molecule has 2 heterocycles. The number of hydrogen-bond acceptors (Lipinski definition) is 2. The Kier molecular flexibility index (Phi) is 3.00. The molecule has 1 aromatic rings. The van der Waals surface area contributed by atoms with Gasteiger partial charge in [0.1, 0.15) is 5.69 Å². The zero-order valence-corrected chi connectivity index (χ0v) is 11.0. The predicted octanol–water partition coefficient (Wildman–Crippen LogP) is 1.58. The molecule has 0 aromatic carbocycles. The molecule has 0 radical (unpaired) electrons. The highest BCUT2D eigenvalue weighted by atomic mass is 16.5. The first kappa shape index (κ1) is 12.2. The molecule has 17 heavy (non-hydrogen) atoms. The normalized spacial score (nSPS) is 19.4. The van der Waals surface area contributed by atoms with E-state index in [-0.39, 0.29) is 11.5 Å². The molecule has 1 aromatic heterocycles. The van der Waals surface area contributed by atoms with E-state index in [9.17, 15) is 4.79 Å². The highest BCUT2D eigenvalue weighted by Crippen LogP contribution is 2.19. The van der Waals surface area contributed by atoms with Crippen LogP contribution in [0.3, 0.4) is 0 Å². The van der Waals surface area contributed by atoms with Crippen LogP contribution in [0.15, 0.2) is 12.1 Å². The number of carbonyl (C=O) groups excluding carboxylic acids is 1. The van der Waals surface area contributed by atoms with E-state index in [0.29, 0.717) is 19.7 Å². The number of morpholine rings is 1. The Morgan fingerprint density at radius 3 is 2.65 bits per heavy atom. The molecule has 0 unspecified atom stereocenters. The maximum Gasteiger partial charge on any atom is 0.270 e. The Hall–Kier alpha value is -1.29. The van der Waals surface area contributed by atoms with Gasteiger partial charge >= 0.3 is 0 Å². The molecule has 94 valence electrons. The minimum Gasteiger partial charge on any atom is -0.372 e. The second-order valence-corrected chi connectivity index (χ2v) is 5.25. The topological polar surface area (TPSA) is 34.5 Å². The summed E-state index contributed by atoms with van der Waals surface area (Å²) in [5.41, 5.74) is 1.61. The van der Waals surface area contributed by atoms with Crippen molar-refractivity contribution < 1.29 is 9.53 Å². The maximum atomic E-state index is 12.4. The van der Waals surface area contributed by atoms with Gasteiger partial charge in [0, 0.05) is 25.8 Å². The molecule has 0 saturated carbocycles. The van der Waals surface area contributed by atoms with Crippen molar-refractivity contribution in [2.75, 3.05) is 19.7 Å². The number of ether oxygens (including phenoxy) is 1. The summed E-state index contributed by atoms with van der Waals surface area (Å²) in [4.78, 5) is 14.2. The molecule has 0 atom stereocenters. The second-order valence-electron chi connectivity index (χ2n) is 5.25. The van der Waals surface area contributed by atoms with Crippen LogP contribution in [-0.2, 0) is 11.8 Å². The number of nitrogens with zero attached hydrogens (tertiary/aromatic N) is 2. The van der Waals surface area contributed by atoms with E-state index in [1.807, 2.05) is 49.4 Å². The van der Waals surface area contributed by atoms with Gasteiger partial charge in [0.25, 0.3) is 5.91 Å². The molecule has 0 spiro atoms. The summed E-state index contributed by atoms with van der Waals surface area (Å²) in [7, 11) is 1.92. The number of carbonyl (C=O) groups is 1. The summed E-state index contributed by atoms with van der Waals surface area (Å²) in [5, 5.41) is 0. The van der Waals surface area contributed by atoms with E-state index in [4.69, 9.17) is 4.74 Å². The van der Waals surface area contributed by atoms with Crippen molar-refractivity contribution >= 4 is 5.91 Å². The Bertz CT molecular complexity index is 435. The van der Waals surface area contributed by atoms with Crippen LogP contribution in [0.25, 0.3) is 0 Å². The molecule has 1 aliphatic rings. The van der Waals surface area contributed by atoms with Crippen LogP contribution in [0.5, 0.6) is 0 Å². The molecule has 1 amide bonds. The smallest absolute Gasteiger partial charge is 0.270 e. The van der Waals surface area contributed by atoms with Crippen LogP contribution >= 0.6 is 0 Å². The lowest BCUT2D eigenvalue weighted by molar-refractivity contribution is -0.0765. The maximum absolute atomic E-state index is 12.4. The van der Waals surface area contributed by atoms with Crippen LogP contribution in [0.2, 0.25) is 0 Å². The quantitative estimate of drug-likeness (QED) is 0.742. The third-order valence-corrected chi connectivity index (χ3v) is 3.30. The van der Waals surface area contributed by atoms with E-state index in [2.05, 4.69) is 0 Å². The highest BCUT2D eigenvalue weighted by molar-refractivity contribution is 5.93. The van der Waals surface area contributed by atoms with E-state index in [0.717, 1.165) is 11.4 Å². The van der Waals surface area contributed by atoms with E-state index >= 15 is 0 Å². The van der Waals surface area contributed by atoms with Gasteiger partial charge in [-0.05, 0) is 32.9 Å². The largest absolute Gasteiger partial charge is 0.372 e. The van der Waals surface area contributed by atoms with Crippen molar-refractivity contribution in [1.82, 2.24) is 9.47 Å². The fraction of sp³-hybridized carbons (Fsp3) is 0.615. The van der Waals surface area contributed by atoms with Crippen molar-refractivity contribution in [1.29, 1.82) is 0 Å². The van der Waals surface area contributed by atoms with Crippen molar-refractivity contribution in [3.05, 3.63) is 23.5 Å². The molecule has 1 saturated heterocycles. The molecule has 4 heteroatoms. The average molecular weight is 236 g/mol. The summed E-state index contributed by atoms with van der Waals surface area (Å²) in [6.45, 7) is 7.97. The molecular weight excluding hydrogens is 216 g/mol. The van der Waals surface area contributed by atoms with Crippen molar-refractivity contribution in [3.63, 3.8) is 0 Å². The molecule has 4 nitrogen and oxygen atoms in total. The zero-order valence-electron chi connectivity index (χ0n) is 11.0. The first-order valence-corrected chi connectivity index (χ1v) is 5.96. The first-order valence-electron chi connectivity index (χ1n) is 5.96. The lowest BCUT2D eigenvalue weighted by atomic mass is 10.1. The Morgan fingerprint density at radius 1 is 1.41 bits per heavy atom. The number of hydrogen-bond donors (Lipinski definition) is 0. The lowest BCUT2D eigenvalue weighted by Crippen LogP contribution is -2.50. The zero-order chi connectivity index (χ0) is 12.6. The average Bonchev–Trinajstić information content (AvgIpc) is 2.57. The van der Waals surface area contributed by atoms with Crippen LogP contribution in [-0.4, -0.2) is 40.7 Å². The minimum absolute atomic E-state index is 0.0944. The van der Waals surface area contributed by atoms with Crippen LogP contribution in [0.1, 0.15) is 30.0 Å². The van der Waals surface area contributed by atoms with Gasteiger partial charge in [-0.3, -0.25) is 4.79 Å². The summed E-state index contributed by atoms with van der Waals surface area (Å²) in [5.74, 6) is 0.0944. The number of aromatic nitrogens is 1. The molecule has 0 aliphatic carbocycles. The van der Waals surface area contributed by atoms with Gasteiger partial charge in [-0.2, -0.15) is 0 Å². The summed E-state index contributed by atoms with van der Waals surface area (Å²) in [6, 6.07) is 3.86. The van der Waals surface area contributed by atoms with E-state index in [1.165, 1.54) is 0 Å². The second kappa shape index (κ2) is 4.18. The van der Waals surface area contributed by atoms with Crippen LogP contribution in [0, 0.1) is 6.92 Å². The van der Waals surface area contributed by atoms with Crippen molar-refractivity contribution in [3.8, 4) is 0 Å². The van der Waals surface area contributed by atoms with Gasteiger partial charge in [-0.25, -0.2) is 0 Å². The van der Waals surface area contributed by atoms with Gasteiger partial charge in [0.15, 0.2) is 0 Å². The molecular formula is C13H20N2O2. The van der Waals surface area contributed by atoms with E-state index < -0.39 is 0 Å². The van der Waals surface area contributed by atoms with Crippen molar-refractivity contribution in [2.24, 2.45) is 7.05 Å². The van der Waals surface area contributed by atoms with Crippen LogP contribution in [0.4, 0.5) is 0 Å². The van der Waals surface area contributed by atoms with Crippen molar-refractivity contribution in [2.45, 2.75) is 26.4 Å². The predicted molar refractivity (Wildman–Crippen MR) is 66.1 cm³/mol. The van der Waals surface area contributed by atoms with Crippen LogP contribution < -0.4 is 0 Å². The van der Waals surface area contributed by atoms with E-state index in [1.54, 1.807) is 0 Å². The first-order chi connectivity index (χ1) is 7.91. The van der Waals surface area contributed by atoms with Gasteiger partial charge in [0.2, 0.25) is 0 Å². The number of aryl methyl sites for hydroxylation is 1. The standard InChI is InChI=1S/C13H20N2O2/c1-10-5-6-11(14(10)4)12(16)15-7-8-17-13(2,3)9-15/h5-6H,7-9H2,1-4H3. The van der Waals surface area contributed by atoms with Gasteiger partial charge < -0.3 is 14.2 Å². The monoisotopic (exact) mass is 236 g/mol. The van der Waals surface area contributed by atoms with Gasteiger partial charge in [-0.15, -0.1) is 0 Å². The lowest BCUT2D eigenvalue weighted by Gasteiger charge is -2.38. The molecule has 1 aliphatic heterocycles. The Morgan fingerprint density at radius 2 is 2.12 bits per heavy atom. The number of rotatable bonds is 1. The summed E-state index contributed by atoms with van der Waals surface area (Å²) >= 11 is 0. The third-order valence-electron chi connectivity index (χ3n) is 3.30. The molecule has 1 fully saturated rings. The fourth-order valence-corrected chi connectivity index (χ4v) is 2.18. The summed E-state index contributed by atoms with van der Waals surface area (Å²) < 4.78 is 7.55. The van der Waals surface area contributed by atoms with Gasteiger partial charge in [-0.1, -0.05) is 0 Å². The molecule has 0 bridgehead atoms. The number of amides is 1. The Labute approximate surface area is 102 Å². The highest BCUT2D eigenvalue weighted by Gasteiger charge is 2.31. The third kappa shape index (κ3) is 2.36. The molecule has 2 rings (SSSR count).